The maximum Gasteiger partial charge on any atom is 0.255 e. The molecule has 3 aromatic carbocycles. The van der Waals surface area contributed by atoms with Crippen molar-refractivity contribution in [1.29, 1.82) is 0 Å². The Balaban J connectivity index is 1.29. The molecular formula is C36H46N2O5Si. The number of amides is 2. The van der Waals surface area contributed by atoms with Crippen molar-refractivity contribution in [2.75, 3.05) is 25.6 Å². The molecule has 0 aromatic heterocycles. The van der Waals surface area contributed by atoms with E-state index in [4.69, 9.17) is 9.47 Å². The zero-order valence-electron chi connectivity index (χ0n) is 26.4. The molecule has 0 saturated carbocycles. The fourth-order valence-electron chi connectivity index (χ4n) is 7.34. The highest BCUT2D eigenvalue weighted by atomic mass is 28.3. The number of nitrogens with one attached hydrogen (secondary N) is 1. The molecule has 8 heteroatoms. The molecule has 234 valence electrons. The lowest BCUT2D eigenvalue weighted by molar-refractivity contribution is -0.135. The van der Waals surface area contributed by atoms with E-state index >= 15 is 0 Å². The molecule has 0 aliphatic carbocycles. The van der Waals surface area contributed by atoms with E-state index in [1.165, 1.54) is 10.8 Å². The predicted molar refractivity (Wildman–Crippen MR) is 177 cm³/mol. The molecule has 0 radical (unpaired) electrons. The summed E-state index contributed by atoms with van der Waals surface area (Å²) < 4.78 is 12.2. The van der Waals surface area contributed by atoms with Crippen LogP contribution in [0.1, 0.15) is 48.5 Å². The third-order valence-electron chi connectivity index (χ3n) is 9.82. The number of ether oxygens (including phenoxy) is 2. The average molecular weight is 615 g/mol. The number of aliphatic hydroxyl groups is 1. The highest BCUT2D eigenvalue weighted by Crippen LogP contribution is 2.46. The Bertz CT molecular complexity index is 1400. The topological polar surface area (TPSA) is 88.1 Å². The summed E-state index contributed by atoms with van der Waals surface area (Å²) in [6.07, 6.45) is 3.72. The molecule has 2 aliphatic rings. The van der Waals surface area contributed by atoms with Gasteiger partial charge >= 0.3 is 0 Å². The lowest BCUT2D eigenvalue weighted by Gasteiger charge is -2.36. The number of likely N-dealkylation sites (tertiary alicyclic amines) is 1. The number of anilines is 1. The average Bonchev–Trinajstić information content (AvgIpc) is 3.65. The second-order valence-corrected chi connectivity index (χ2v) is 17.6. The molecule has 2 fully saturated rings. The van der Waals surface area contributed by atoms with E-state index in [1.807, 2.05) is 47.4 Å². The van der Waals surface area contributed by atoms with E-state index < -0.39 is 8.07 Å². The monoisotopic (exact) mass is 614 g/mol. The maximum atomic E-state index is 13.6. The second-order valence-electron chi connectivity index (χ2n) is 12.9. The molecule has 3 aromatic rings. The fraction of sp³-hybridized carbons (Fsp3) is 0.444. The lowest BCUT2D eigenvalue weighted by Crippen LogP contribution is -2.51. The molecule has 0 bridgehead atoms. The van der Waals surface area contributed by atoms with Crippen LogP contribution in [-0.2, 0) is 16.0 Å². The van der Waals surface area contributed by atoms with Crippen LogP contribution in [0.15, 0.2) is 78.9 Å². The molecule has 44 heavy (non-hydrogen) atoms. The summed E-state index contributed by atoms with van der Waals surface area (Å²) in [5.74, 6) is 1.10. The second kappa shape index (κ2) is 14.1. The Morgan fingerprint density at radius 2 is 1.70 bits per heavy atom. The lowest BCUT2D eigenvalue weighted by atomic mass is 9.95. The highest BCUT2D eigenvalue weighted by molar-refractivity contribution is 6.91. The molecule has 2 heterocycles. The van der Waals surface area contributed by atoms with Crippen LogP contribution in [0.5, 0.6) is 5.75 Å². The quantitative estimate of drug-likeness (QED) is 0.273. The normalized spacial score (nSPS) is 23.5. The van der Waals surface area contributed by atoms with Crippen molar-refractivity contribution >= 4 is 30.8 Å². The molecule has 7 nitrogen and oxygen atoms in total. The van der Waals surface area contributed by atoms with Crippen molar-refractivity contribution in [3.05, 3.63) is 90.0 Å². The van der Waals surface area contributed by atoms with Gasteiger partial charge < -0.3 is 24.8 Å². The van der Waals surface area contributed by atoms with Crippen molar-refractivity contribution < 1.29 is 24.2 Å². The van der Waals surface area contributed by atoms with Crippen LogP contribution in [0, 0.1) is 5.92 Å². The zero-order chi connectivity index (χ0) is 31.3. The van der Waals surface area contributed by atoms with Crippen LogP contribution in [0.2, 0.25) is 18.6 Å². The van der Waals surface area contributed by atoms with Crippen LogP contribution in [0.4, 0.5) is 5.69 Å². The van der Waals surface area contributed by atoms with Crippen molar-refractivity contribution in [2.45, 2.75) is 75.9 Å². The number of benzene rings is 3. The van der Waals surface area contributed by atoms with Gasteiger partial charge in [0, 0.05) is 17.8 Å². The molecule has 2 aliphatic heterocycles. The summed E-state index contributed by atoms with van der Waals surface area (Å²) >= 11 is 0. The summed E-state index contributed by atoms with van der Waals surface area (Å²) in [5, 5.41) is 14.1. The van der Waals surface area contributed by atoms with E-state index in [1.54, 1.807) is 19.2 Å². The van der Waals surface area contributed by atoms with E-state index in [-0.39, 0.29) is 48.1 Å². The van der Waals surface area contributed by atoms with Gasteiger partial charge in [-0.1, -0.05) is 67.7 Å². The minimum absolute atomic E-state index is 0.0144. The number of rotatable bonds is 11. The molecule has 2 amide bonds. The first kappa shape index (κ1) is 31.9. The Morgan fingerprint density at radius 1 is 1.00 bits per heavy atom. The van der Waals surface area contributed by atoms with E-state index in [2.05, 4.69) is 49.6 Å². The van der Waals surface area contributed by atoms with Gasteiger partial charge in [0.05, 0.1) is 46.5 Å². The molecule has 5 atom stereocenters. The van der Waals surface area contributed by atoms with Crippen LogP contribution >= 0.6 is 0 Å². The predicted octanol–water partition coefficient (Wildman–Crippen LogP) is 5.64. The van der Waals surface area contributed by atoms with Crippen molar-refractivity contribution in [2.24, 2.45) is 5.92 Å². The number of carbonyl (C=O) groups excluding carboxylic acids is 2. The number of nitrogens with zero attached hydrogens (tertiary/aromatic N) is 1. The van der Waals surface area contributed by atoms with Crippen LogP contribution in [-0.4, -0.2) is 68.4 Å². The summed E-state index contributed by atoms with van der Waals surface area (Å²) in [5.41, 5.74) is 2.84. The molecule has 0 spiro atoms. The Labute approximate surface area is 262 Å². The number of aliphatic hydroxyl groups excluding tert-OH is 1. The fourth-order valence-corrected chi connectivity index (χ4v) is 11.4. The standard InChI is InChI=1S/C36H46N2O5Si/c1-25-32(21-14-26-12-15-28(16-13-26)37-36(41)27-9-6-5-7-10-27)43-33(23-34(40)38-22-8-11-29(38)24-39)35(25)44(3,4)31-19-17-30(42-2)18-20-31/h5-7,9-10,12-13,15-20,25,29,32-33,35,39H,8,11,14,21-24H2,1-4H3,(H,37,41)/t25-,29-,32+,33-,35+/m0/s1. The van der Waals surface area contributed by atoms with Gasteiger partial charge in [-0.05, 0) is 79.1 Å². The molecule has 5 rings (SSSR count). The van der Waals surface area contributed by atoms with E-state index in [0.717, 1.165) is 37.1 Å². The van der Waals surface area contributed by atoms with Gasteiger partial charge in [-0.25, -0.2) is 0 Å². The minimum Gasteiger partial charge on any atom is -0.497 e. The third kappa shape index (κ3) is 7.09. The van der Waals surface area contributed by atoms with Gasteiger partial charge in [0.1, 0.15) is 5.75 Å². The number of hydrogen-bond donors (Lipinski definition) is 2. The number of carbonyl (C=O) groups is 2. The van der Waals surface area contributed by atoms with Gasteiger partial charge in [0.2, 0.25) is 5.91 Å². The van der Waals surface area contributed by atoms with Crippen molar-refractivity contribution in [1.82, 2.24) is 4.90 Å². The van der Waals surface area contributed by atoms with Gasteiger partial charge in [-0.2, -0.15) is 0 Å². The maximum absolute atomic E-state index is 13.6. The number of methoxy groups -OCH3 is 1. The third-order valence-corrected chi connectivity index (χ3v) is 14.2. The van der Waals surface area contributed by atoms with E-state index in [0.29, 0.717) is 18.5 Å². The Hall–Kier alpha value is -3.46. The van der Waals surface area contributed by atoms with Crippen LogP contribution < -0.4 is 15.2 Å². The van der Waals surface area contributed by atoms with Crippen LogP contribution in [0.25, 0.3) is 0 Å². The van der Waals surface area contributed by atoms with Crippen molar-refractivity contribution in [3.8, 4) is 5.75 Å². The summed E-state index contributed by atoms with van der Waals surface area (Å²) in [6, 6.07) is 25.6. The van der Waals surface area contributed by atoms with Crippen molar-refractivity contribution in [3.63, 3.8) is 0 Å². The number of hydrogen-bond acceptors (Lipinski definition) is 5. The summed E-state index contributed by atoms with van der Waals surface area (Å²) in [6.45, 7) is 7.82. The SMILES string of the molecule is COc1ccc([Si](C)(C)[C@@H]2[C@@H](C)[C@@H](CCc3ccc(NC(=O)c4ccccc4)cc3)O[C@H]2CC(=O)N2CCC[C@H]2CO)cc1. The zero-order valence-corrected chi connectivity index (χ0v) is 27.4. The summed E-state index contributed by atoms with van der Waals surface area (Å²) in [4.78, 5) is 28.0. The largest absolute Gasteiger partial charge is 0.497 e. The van der Waals surface area contributed by atoms with Gasteiger partial charge in [-0.3, -0.25) is 9.59 Å². The Kier molecular flexibility index (Phi) is 10.2. The highest BCUT2D eigenvalue weighted by Gasteiger charge is 2.51. The Morgan fingerprint density at radius 3 is 2.36 bits per heavy atom. The summed E-state index contributed by atoms with van der Waals surface area (Å²) in [7, 11) is -0.399. The molecule has 2 N–H and O–H groups in total. The first-order valence-corrected chi connectivity index (χ1v) is 18.9. The van der Waals surface area contributed by atoms with Gasteiger partial charge in [-0.15, -0.1) is 0 Å². The molecule has 2 saturated heterocycles. The van der Waals surface area contributed by atoms with Gasteiger partial charge in [0.15, 0.2) is 0 Å². The van der Waals surface area contributed by atoms with E-state index in [9.17, 15) is 14.7 Å². The number of aryl methyl sites for hydroxylation is 1. The molecule has 0 unspecified atom stereocenters. The first-order chi connectivity index (χ1) is 21.2. The first-order valence-electron chi connectivity index (χ1n) is 15.9. The minimum atomic E-state index is -2.08. The smallest absolute Gasteiger partial charge is 0.255 e. The van der Waals surface area contributed by atoms with Gasteiger partial charge in [0.25, 0.3) is 5.91 Å². The molecular weight excluding hydrogens is 568 g/mol. The van der Waals surface area contributed by atoms with Crippen LogP contribution in [0.3, 0.4) is 0 Å².